The van der Waals surface area contributed by atoms with E-state index in [1.165, 1.54) is 0 Å². The molecule has 4 rings (SSSR count). The molecule has 0 aliphatic rings. The first-order chi connectivity index (χ1) is 13.6. The van der Waals surface area contributed by atoms with Crippen LogP contribution in [0.25, 0.3) is 21.3 Å². The summed E-state index contributed by atoms with van der Waals surface area (Å²) in [6, 6.07) is 12.1. The van der Waals surface area contributed by atoms with E-state index in [1.807, 2.05) is 50.5 Å². The minimum atomic E-state index is -0.0718. The van der Waals surface area contributed by atoms with Gasteiger partial charge in [-0.1, -0.05) is 6.07 Å². The van der Waals surface area contributed by atoms with Gasteiger partial charge in [0.25, 0.3) is 0 Å². The Hall–Kier alpha value is -2.99. The molecular weight excluding hydrogens is 372 g/mol. The van der Waals surface area contributed by atoms with Gasteiger partial charge in [0, 0.05) is 18.0 Å². The highest BCUT2D eigenvalue weighted by molar-refractivity contribution is 7.18. The van der Waals surface area contributed by atoms with Crippen LogP contribution in [0.4, 0.5) is 0 Å². The zero-order chi connectivity index (χ0) is 19.7. The van der Waals surface area contributed by atoms with Crippen molar-refractivity contribution in [2.24, 2.45) is 0 Å². The Labute approximate surface area is 167 Å². The van der Waals surface area contributed by atoms with Gasteiger partial charge in [0.05, 0.1) is 29.4 Å². The minimum Gasteiger partial charge on any atom is -0.493 e. The van der Waals surface area contributed by atoms with E-state index in [0.717, 1.165) is 37.7 Å². The van der Waals surface area contributed by atoms with Crippen molar-refractivity contribution in [2.45, 2.75) is 20.0 Å². The molecule has 0 aliphatic carbocycles. The van der Waals surface area contributed by atoms with Crippen LogP contribution in [-0.2, 0) is 0 Å². The average molecular weight is 394 g/mol. The van der Waals surface area contributed by atoms with Crippen LogP contribution in [-0.4, -0.2) is 24.2 Å². The van der Waals surface area contributed by atoms with E-state index >= 15 is 0 Å². The maximum Gasteiger partial charge on any atom is 0.161 e. The van der Waals surface area contributed by atoms with E-state index in [0.29, 0.717) is 11.5 Å². The van der Waals surface area contributed by atoms with Gasteiger partial charge in [0.2, 0.25) is 0 Å². The average Bonchev–Trinajstić information content (AvgIpc) is 3.36. The van der Waals surface area contributed by atoms with E-state index < -0.39 is 0 Å². The summed E-state index contributed by atoms with van der Waals surface area (Å²) < 4.78 is 18.2. The van der Waals surface area contributed by atoms with Crippen LogP contribution in [0.3, 0.4) is 0 Å². The lowest BCUT2D eigenvalue weighted by Crippen LogP contribution is -2.02. The van der Waals surface area contributed by atoms with E-state index in [1.54, 1.807) is 25.6 Å². The lowest BCUT2D eigenvalue weighted by molar-refractivity contribution is 0.230. The van der Waals surface area contributed by atoms with Crippen molar-refractivity contribution in [3.63, 3.8) is 0 Å². The van der Waals surface area contributed by atoms with Gasteiger partial charge in [-0.2, -0.15) is 0 Å². The SMILES string of the molecule is COc1ccc(-c2cc(O[C@H](C)c3cc[nH]c3)c3sc(C)nc3c2)cc1OC. The molecule has 144 valence electrons. The zero-order valence-electron chi connectivity index (χ0n) is 16.3. The zero-order valence-corrected chi connectivity index (χ0v) is 17.1. The number of aromatic amines is 1. The van der Waals surface area contributed by atoms with Gasteiger partial charge in [0.15, 0.2) is 11.5 Å². The molecule has 2 aromatic carbocycles. The van der Waals surface area contributed by atoms with Gasteiger partial charge in [0.1, 0.15) is 11.9 Å². The number of aryl methyl sites for hydroxylation is 1. The topological polar surface area (TPSA) is 56.4 Å². The molecule has 0 aliphatic heterocycles. The molecule has 2 aromatic heterocycles. The van der Waals surface area contributed by atoms with Gasteiger partial charge in [-0.05, 0) is 55.3 Å². The summed E-state index contributed by atoms with van der Waals surface area (Å²) in [5, 5.41) is 1.01. The third-order valence-electron chi connectivity index (χ3n) is 4.67. The van der Waals surface area contributed by atoms with E-state index in [9.17, 15) is 0 Å². The molecule has 0 bridgehead atoms. The largest absolute Gasteiger partial charge is 0.493 e. The number of H-pyrrole nitrogens is 1. The fourth-order valence-electron chi connectivity index (χ4n) is 3.23. The third-order valence-corrected chi connectivity index (χ3v) is 5.68. The number of fused-ring (bicyclic) bond motifs is 1. The Bertz CT molecular complexity index is 1100. The summed E-state index contributed by atoms with van der Waals surface area (Å²) in [7, 11) is 3.28. The number of hydrogen-bond donors (Lipinski definition) is 1. The summed E-state index contributed by atoms with van der Waals surface area (Å²) >= 11 is 1.65. The molecule has 0 amide bonds. The number of aromatic nitrogens is 2. The quantitative estimate of drug-likeness (QED) is 0.452. The highest BCUT2D eigenvalue weighted by Crippen LogP contribution is 2.40. The van der Waals surface area contributed by atoms with Crippen LogP contribution in [0.2, 0.25) is 0 Å². The Morgan fingerprint density at radius 1 is 0.964 bits per heavy atom. The Kier molecular flexibility index (Phi) is 4.96. The third kappa shape index (κ3) is 3.43. The molecule has 4 aromatic rings. The number of ether oxygens (including phenoxy) is 3. The van der Waals surface area contributed by atoms with Crippen LogP contribution in [0.5, 0.6) is 17.2 Å². The van der Waals surface area contributed by atoms with Crippen LogP contribution in [0.15, 0.2) is 48.8 Å². The second kappa shape index (κ2) is 7.56. The molecular formula is C22H22N2O3S. The molecule has 0 radical (unpaired) electrons. The second-order valence-electron chi connectivity index (χ2n) is 6.53. The van der Waals surface area contributed by atoms with Gasteiger partial charge in [-0.15, -0.1) is 11.3 Å². The number of thiazole rings is 1. The molecule has 6 heteroatoms. The molecule has 0 saturated heterocycles. The van der Waals surface area contributed by atoms with Gasteiger partial charge in [-0.3, -0.25) is 0 Å². The molecule has 1 atom stereocenters. The molecule has 0 spiro atoms. The molecule has 5 nitrogen and oxygen atoms in total. The first-order valence-electron chi connectivity index (χ1n) is 9.02. The standard InChI is InChI=1S/C22H22N2O3S/c1-13(16-7-8-23-12-16)27-21-11-17(9-18-22(21)28-14(2)24-18)15-5-6-19(25-3)20(10-15)26-4/h5-13,23H,1-4H3/t13-/m1/s1. The highest BCUT2D eigenvalue weighted by Gasteiger charge is 2.16. The molecule has 2 heterocycles. The van der Waals surface area contributed by atoms with Crippen LogP contribution < -0.4 is 14.2 Å². The molecule has 0 fully saturated rings. The molecule has 28 heavy (non-hydrogen) atoms. The normalized spacial score (nSPS) is 12.1. The first kappa shape index (κ1) is 18.4. The number of nitrogens with zero attached hydrogens (tertiary/aromatic N) is 1. The maximum atomic E-state index is 6.34. The van der Waals surface area contributed by atoms with E-state index in [4.69, 9.17) is 14.2 Å². The molecule has 1 N–H and O–H groups in total. The summed E-state index contributed by atoms with van der Waals surface area (Å²) in [4.78, 5) is 7.77. The number of nitrogens with one attached hydrogen (secondary N) is 1. The van der Waals surface area contributed by atoms with Crippen molar-refractivity contribution in [3.8, 4) is 28.4 Å². The lowest BCUT2D eigenvalue weighted by atomic mass is 10.0. The number of benzene rings is 2. The maximum absolute atomic E-state index is 6.34. The fraction of sp³-hybridized carbons (Fsp3) is 0.227. The second-order valence-corrected chi connectivity index (χ2v) is 7.73. The summed E-state index contributed by atoms with van der Waals surface area (Å²) in [5.41, 5.74) is 4.08. The summed E-state index contributed by atoms with van der Waals surface area (Å²) in [5.74, 6) is 2.23. The number of methoxy groups -OCH3 is 2. The van der Waals surface area contributed by atoms with Crippen LogP contribution >= 0.6 is 11.3 Å². The van der Waals surface area contributed by atoms with Crippen molar-refractivity contribution in [1.82, 2.24) is 9.97 Å². The Morgan fingerprint density at radius 3 is 2.46 bits per heavy atom. The monoisotopic (exact) mass is 394 g/mol. The Balaban J connectivity index is 1.80. The summed E-state index contributed by atoms with van der Waals surface area (Å²) in [6.07, 6.45) is 3.79. The van der Waals surface area contributed by atoms with E-state index in [2.05, 4.69) is 22.1 Å². The van der Waals surface area contributed by atoms with Crippen molar-refractivity contribution in [3.05, 3.63) is 59.4 Å². The first-order valence-corrected chi connectivity index (χ1v) is 9.83. The minimum absolute atomic E-state index is 0.0718. The fourth-order valence-corrected chi connectivity index (χ4v) is 4.09. The van der Waals surface area contributed by atoms with Crippen molar-refractivity contribution >= 4 is 21.6 Å². The van der Waals surface area contributed by atoms with Crippen molar-refractivity contribution in [2.75, 3.05) is 14.2 Å². The number of hydrogen-bond acceptors (Lipinski definition) is 5. The van der Waals surface area contributed by atoms with Crippen molar-refractivity contribution in [1.29, 1.82) is 0 Å². The van der Waals surface area contributed by atoms with Crippen LogP contribution in [0.1, 0.15) is 23.6 Å². The van der Waals surface area contributed by atoms with Gasteiger partial charge in [-0.25, -0.2) is 4.98 Å². The predicted octanol–water partition coefficient (Wildman–Crippen LogP) is 5.76. The Morgan fingerprint density at radius 2 is 1.75 bits per heavy atom. The molecule has 0 unspecified atom stereocenters. The van der Waals surface area contributed by atoms with Gasteiger partial charge < -0.3 is 19.2 Å². The summed E-state index contributed by atoms with van der Waals surface area (Å²) in [6.45, 7) is 4.06. The molecule has 0 saturated carbocycles. The smallest absolute Gasteiger partial charge is 0.161 e. The predicted molar refractivity (Wildman–Crippen MR) is 113 cm³/mol. The van der Waals surface area contributed by atoms with Gasteiger partial charge >= 0.3 is 0 Å². The van der Waals surface area contributed by atoms with Crippen molar-refractivity contribution < 1.29 is 14.2 Å². The number of rotatable bonds is 6. The lowest BCUT2D eigenvalue weighted by Gasteiger charge is -2.16. The highest BCUT2D eigenvalue weighted by atomic mass is 32.1. The van der Waals surface area contributed by atoms with Crippen LogP contribution in [0, 0.1) is 6.92 Å². The van der Waals surface area contributed by atoms with E-state index in [-0.39, 0.29) is 6.10 Å².